The maximum atomic E-state index is 12.9. The lowest BCUT2D eigenvalue weighted by Crippen LogP contribution is -2.43. The standard InChI is InChI=1S/C24H28N6OS/c1-16-9-10-17(2)30(16)24-28-27-23(32-24)29-13-5-6-19(15-29)22(31)25-12-11-18-14-26-21-8-4-3-7-20(18)21/h3-4,7-10,14,19,26H,5-6,11-13,15H2,1-2H3,(H,25,31). The van der Waals surface area contributed by atoms with Gasteiger partial charge in [0.25, 0.3) is 0 Å². The molecule has 0 radical (unpaired) electrons. The Morgan fingerprint density at radius 2 is 1.94 bits per heavy atom. The van der Waals surface area contributed by atoms with Gasteiger partial charge in [-0.25, -0.2) is 0 Å². The summed E-state index contributed by atoms with van der Waals surface area (Å²) in [4.78, 5) is 18.4. The first-order chi connectivity index (χ1) is 15.6. The van der Waals surface area contributed by atoms with Crippen LogP contribution in [-0.2, 0) is 11.2 Å². The lowest BCUT2D eigenvalue weighted by Gasteiger charge is -2.31. The van der Waals surface area contributed by atoms with E-state index in [4.69, 9.17) is 0 Å². The summed E-state index contributed by atoms with van der Waals surface area (Å²) in [6.07, 6.45) is 4.76. The molecule has 3 aromatic heterocycles. The number of aryl methyl sites for hydroxylation is 2. The van der Waals surface area contributed by atoms with Crippen molar-refractivity contribution in [2.24, 2.45) is 5.92 Å². The van der Waals surface area contributed by atoms with Gasteiger partial charge in [0.15, 0.2) is 0 Å². The number of aromatic nitrogens is 4. The van der Waals surface area contributed by atoms with Crippen molar-refractivity contribution in [2.75, 3.05) is 24.5 Å². The number of benzene rings is 1. The summed E-state index contributed by atoms with van der Waals surface area (Å²) in [7, 11) is 0. The summed E-state index contributed by atoms with van der Waals surface area (Å²) in [6.45, 7) is 6.40. The Hall–Kier alpha value is -3.13. The number of carbonyl (C=O) groups is 1. The summed E-state index contributed by atoms with van der Waals surface area (Å²) < 4.78 is 2.13. The number of anilines is 1. The highest BCUT2D eigenvalue weighted by Gasteiger charge is 2.28. The molecule has 0 aliphatic carbocycles. The van der Waals surface area contributed by atoms with Crippen molar-refractivity contribution >= 4 is 33.3 Å². The zero-order valence-corrected chi connectivity index (χ0v) is 19.3. The van der Waals surface area contributed by atoms with Crippen molar-refractivity contribution in [3.05, 3.63) is 59.5 Å². The smallest absolute Gasteiger partial charge is 0.224 e. The zero-order valence-electron chi connectivity index (χ0n) is 18.5. The quantitative estimate of drug-likeness (QED) is 0.467. The molecule has 32 heavy (non-hydrogen) atoms. The van der Waals surface area contributed by atoms with Crippen LogP contribution in [0.5, 0.6) is 0 Å². The Morgan fingerprint density at radius 1 is 1.16 bits per heavy atom. The Labute approximate surface area is 191 Å². The molecule has 7 nitrogen and oxygen atoms in total. The number of H-pyrrole nitrogens is 1. The monoisotopic (exact) mass is 448 g/mol. The van der Waals surface area contributed by atoms with Gasteiger partial charge >= 0.3 is 0 Å². The number of hydrogen-bond donors (Lipinski definition) is 2. The third kappa shape index (κ3) is 4.02. The van der Waals surface area contributed by atoms with E-state index in [1.165, 1.54) is 10.9 Å². The van der Waals surface area contributed by atoms with Gasteiger partial charge in [0.2, 0.25) is 16.2 Å². The van der Waals surface area contributed by atoms with Crippen LogP contribution in [0.4, 0.5) is 5.13 Å². The fourth-order valence-electron chi connectivity index (χ4n) is 4.56. The minimum atomic E-state index is -0.0193. The molecule has 1 atom stereocenters. The van der Waals surface area contributed by atoms with Crippen molar-refractivity contribution in [1.82, 2.24) is 25.1 Å². The normalized spacial score (nSPS) is 16.6. The minimum Gasteiger partial charge on any atom is -0.361 e. The predicted octanol–water partition coefficient (Wildman–Crippen LogP) is 4.00. The molecular formula is C24H28N6OS. The number of hydrogen-bond acceptors (Lipinski definition) is 5. The van der Waals surface area contributed by atoms with Crippen molar-refractivity contribution in [3.8, 4) is 5.13 Å². The van der Waals surface area contributed by atoms with E-state index < -0.39 is 0 Å². The third-order valence-corrected chi connectivity index (χ3v) is 7.27. The van der Waals surface area contributed by atoms with Gasteiger partial charge in [-0.2, -0.15) is 0 Å². The molecule has 1 amide bonds. The van der Waals surface area contributed by atoms with Gasteiger partial charge < -0.3 is 15.2 Å². The number of carbonyl (C=O) groups excluding carboxylic acids is 1. The van der Waals surface area contributed by atoms with Crippen LogP contribution in [0.25, 0.3) is 16.0 Å². The number of aromatic amines is 1. The van der Waals surface area contributed by atoms with E-state index in [1.54, 1.807) is 11.3 Å². The lowest BCUT2D eigenvalue weighted by atomic mass is 9.97. The van der Waals surface area contributed by atoms with Gasteiger partial charge in [-0.1, -0.05) is 29.5 Å². The molecule has 1 aromatic carbocycles. The van der Waals surface area contributed by atoms with Gasteiger partial charge in [-0.3, -0.25) is 9.36 Å². The summed E-state index contributed by atoms with van der Waals surface area (Å²) >= 11 is 1.59. The van der Waals surface area contributed by atoms with Gasteiger partial charge in [0.05, 0.1) is 5.92 Å². The average Bonchev–Trinajstić information content (AvgIpc) is 3.53. The van der Waals surface area contributed by atoms with E-state index in [-0.39, 0.29) is 11.8 Å². The van der Waals surface area contributed by atoms with Crippen LogP contribution < -0.4 is 10.2 Å². The van der Waals surface area contributed by atoms with Gasteiger partial charge in [0, 0.05) is 48.1 Å². The lowest BCUT2D eigenvalue weighted by molar-refractivity contribution is -0.125. The third-order valence-electron chi connectivity index (χ3n) is 6.30. The van der Waals surface area contributed by atoms with Crippen molar-refractivity contribution < 1.29 is 4.79 Å². The topological polar surface area (TPSA) is 78.8 Å². The van der Waals surface area contributed by atoms with E-state index >= 15 is 0 Å². The number of para-hydroxylation sites is 1. The van der Waals surface area contributed by atoms with Crippen LogP contribution >= 0.6 is 11.3 Å². The van der Waals surface area contributed by atoms with E-state index in [2.05, 4.69) is 68.1 Å². The second-order valence-corrected chi connectivity index (χ2v) is 9.44. The molecule has 5 rings (SSSR count). The molecule has 1 aliphatic heterocycles. The minimum absolute atomic E-state index is 0.0193. The van der Waals surface area contributed by atoms with Gasteiger partial charge in [-0.05, 0) is 56.9 Å². The summed E-state index contributed by atoms with van der Waals surface area (Å²) in [5.41, 5.74) is 4.68. The molecule has 0 bridgehead atoms. The Kier molecular flexibility index (Phi) is 5.70. The van der Waals surface area contributed by atoms with Crippen LogP contribution in [0.1, 0.15) is 29.8 Å². The van der Waals surface area contributed by atoms with E-state index in [0.717, 1.165) is 53.0 Å². The maximum absolute atomic E-state index is 12.9. The van der Waals surface area contributed by atoms with Gasteiger partial charge in [0.1, 0.15) is 0 Å². The molecule has 1 saturated heterocycles. The molecule has 4 aromatic rings. The molecule has 4 heterocycles. The van der Waals surface area contributed by atoms with E-state index in [0.29, 0.717) is 13.1 Å². The van der Waals surface area contributed by atoms with Crippen LogP contribution in [0.3, 0.4) is 0 Å². The van der Waals surface area contributed by atoms with Crippen LogP contribution in [0.2, 0.25) is 0 Å². The highest BCUT2D eigenvalue weighted by atomic mass is 32.1. The van der Waals surface area contributed by atoms with E-state index in [9.17, 15) is 4.79 Å². The second kappa shape index (κ2) is 8.78. The maximum Gasteiger partial charge on any atom is 0.224 e. The van der Waals surface area contributed by atoms with Crippen molar-refractivity contribution in [2.45, 2.75) is 33.1 Å². The Morgan fingerprint density at radius 3 is 2.78 bits per heavy atom. The van der Waals surface area contributed by atoms with E-state index in [1.807, 2.05) is 18.3 Å². The van der Waals surface area contributed by atoms with Crippen molar-refractivity contribution in [3.63, 3.8) is 0 Å². The summed E-state index contributed by atoms with van der Waals surface area (Å²) in [5, 5.41) is 15.0. The van der Waals surface area contributed by atoms with Gasteiger partial charge in [-0.15, -0.1) is 10.2 Å². The first-order valence-electron chi connectivity index (χ1n) is 11.2. The molecule has 0 spiro atoms. The SMILES string of the molecule is Cc1ccc(C)n1-c1nnc(N2CCCC(C(=O)NCCc3c[nH]c4ccccc34)C2)s1. The number of piperidine rings is 1. The molecule has 166 valence electrons. The number of nitrogens with zero attached hydrogens (tertiary/aromatic N) is 4. The molecule has 2 N–H and O–H groups in total. The number of fused-ring (bicyclic) bond motifs is 1. The number of amides is 1. The number of nitrogens with one attached hydrogen (secondary N) is 2. The molecular weight excluding hydrogens is 420 g/mol. The first kappa shape index (κ1) is 20.8. The molecule has 1 unspecified atom stereocenters. The fourth-order valence-corrected chi connectivity index (χ4v) is 5.57. The highest BCUT2D eigenvalue weighted by Crippen LogP contribution is 2.29. The molecule has 1 aliphatic rings. The van der Waals surface area contributed by atoms with Crippen LogP contribution in [0.15, 0.2) is 42.6 Å². The predicted molar refractivity (Wildman–Crippen MR) is 129 cm³/mol. The largest absolute Gasteiger partial charge is 0.361 e. The summed E-state index contributed by atoms with van der Waals surface area (Å²) in [6, 6.07) is 12.5. The highest BCUT2D eigenvalue weighted by molar-refractivity contribution is 7.17. The molecule has 0 saturated carbocycles. The van der Waals surface area contributed by atoms with Crippen LogP contribution in [0, 0.1) is 19.8 Å². The zero-order chi connectivity index (χ0) is 22.1. The molecule has 1 fully saturated rings. The number of rotatable bonds is 6. The van der Waals surface area contributed by atoms with Crippen LogP contribution in [-0.4, -0.2) is 45.3 Å². The Bertz CT molecular complexity index is 1220. The Balaban J connectivity index is 1.19. The summed E-state index contributed by atoms with van der Waals surface area (Å²) in [5.74, 6) is 0.116. The molecule has 8 heteroatoms. The average molecular weight is 449 g/mol. The second-order valence-electron chi connectivity index (χ2n) is 8.50. The van der Waals surface area contributed by atoms with Crippen molar-refractivity contribution in [1.29, 1.82) is 0 Å². The first-order valence-corrected chi connectivity index (χ1v) is 12.0. The fraction of sp³-hybridized carbons (Fsp3) is 0.375.